The highest BCUT2D eigenvalue weighted by atomic mass is 16.1. The summed E-state index contributed by atoms with van der Waals surface area (Å²) in [6.45, 7) is 1.79. The average molecular weight is 315 g/mol. The highest BCUT2D eigenvalue weighted by molar-refractivity contribution is 5.83. The highest BCUT2D eigenvalue weighted by Crippen LogP contribution is 2.21. The molecule has 1 aromatic carbocycles. The van der Waals surface area contributed by atoms with Crippen molar-refractivity contribution in [2.45, 2.75) is 32.1 Å². The molecule has 0 bridgehead atoms. The monoisotopic (exact) mass is 315 g/mol. The van der Waals surface area contributed by atoms with Gasteiger partial charge in [-0.15, -0.1) is 0 Å². The molecule has 1 aromatic heterocycles. The zero-order valence-corrected chi connectivity index (χ0v) is 14.6. The predicted molar refractivity (Wildman–Crippen MR) is 96.7 cm³/mol. The molecule has 2 rings (SSSR count). The van der Waals surface area contributed by atoms with Crippen LogP contribution in [0.25, 0.3) is 10.9 Å². The van der Waals surface area contributed by atoms with Crippen LogP contribution in [0, 0.1) is 0 Å². The Labute approximate surface area is 139 Å². The number of nitrogens with zero attached hydrogens (tertiary/aromatic N) is 2. The molecule has 0 saturated heterocycles. The molecule has 0 saturated carbocycles. The number of hydrogen-bond donors (Lipinski definition) is 1. The molecular weight excluding hydrogens is 286 g/mol. The van der Waals surface area contributed by atoms with E-state index in [0.717, 1.165) is 38.8 Å². The Morgan fingerprint density at radius 2 is 1.96 bits per heavy atom. The summed E-state index contributed by atoms with van der Waals surface area (Å²) in [5.74, 6) is 0.182. The van der Waals surface area contributed by atoms with E-state index in [0.29, 0.717) is 6.42 Å². The van der Waals surface area contributed by atoms with Gasteiger partial charge in [0.2, 0.25) is 5.91 Å². The van der Waals surface area contributed by atoms with Crippen molar-refractivity contribution in [2.75, 3.05) is 27.2 Å². The number of rotatable bonds is 9. The van der Waals surface area contributed by atoms with Crippen LogP contribution in [0.1, 0.15) is 31.2 Å². The topological polar surface area (TPSA) is 37.3 Å². The van der Waals surface area contributed by atoms with Crippen molar-refractivity contribution >= 4 is 16.8 Å². The Hall–Kier alpha value is -1.81. The summed E-state index contributed by atoms with van der Waals surface area (Å²) in [6, 6.07) is 8.50. The third-order valence-corrected chi connectivity index (χ3v) is 4.18. The standard InChI is InChI=1S/C19H29N3O/c1-21(2)14-8-13-20-19(23)12-7-4-9-16-15-22(3)18-11-6-5-10-17(16)18/h5-6,10-11,15H,4,7-9,12-14H2,1-3H3,(H,20,23). The number of aryl methyl sites for hydroxylation is 2. The van der Waals surface area contributed by atoms with Gasteiger partial charge in [-0.05, 0) is 58.0 Å². The average Bonchev–Trinajstić information content (AvgIpc) is 2.85. The van der Waals surface area contributed by atoms with E-state index in [1.807, 2.05) is 0 Å². The smallest absolute Gasteiger partial charge is 0.219 e. The van der Waals surface area contributed by atoms with Gasteiger partial charge in [-0.2, -0.15) is 0 Å². The minimum Gasteiger partial charge on any atom is -0.356 e. The molecule has 0 radical (unpaired) electrons. The van der Waals surface area contributed by atoms with E-state index in [9.17, 15) is 4.79 Å². The summed E-state index contributed by atoms with van der Waals surface area (Å²) in [6.07, 6.45) is 6.89. The van der Waals surface area contributed by atoms with Crippen molar-refractivity contribution in [3.05, 3.63) is 36.0 Å². The quantitative estimate of drug-likeness (QED) is 0.722. The fourth-order valence-corrected chi connectivity index (χ4v) is 2.94. The summed E-state index contributed by atoms with van der Waals surface area (Å²) in [7, 11) is 6.19. The third-order valence-electron chi connectivity index (χ3n) is 4.18. The molecule has 126 valence electrons. The first kappa shape index (κ1) is 17.5. The second-order valence-corrected chi connectivity index (χ2v) is 6.50. The van der Waals surface area contributed by atoms with E-state index >= 15 is 0 Å². The molecule has 1 amide bonds. The lowest BCUT2D eigenvalue weighted by Crippen LogP contribution is -2.26. The van der Waals surface area contributed by atoms with Gasteiger partial charge in [-0.1, -0.05) is 18.2 Å². The van der Waals surface area contributed by atoms with Gasteiger partial charge in [0.15, 0.2) is 0 Å². The molecule has 1 N–H and O–H groups in total. The number of hydrogen-bond acceptors (Lipinski definition) is 2. The van der Waals surface area contributed by atoms with Crippen LogP contribution in [0.3, 0.4) is 0 Å². The van der Waals surface area contributed by atoms with Gasteiger partial charge in [-0.25, -0.2) is 0 Å². The van der Waals surface area contributed by atoms with Gasteiger partial charge in [0.1, 0.15) is 0 Å². The Kier molecular flexibility index (Phi) is 6.66. The van der Waals surface area contributed by atoms with Crippen LogP contribution in [-0.2, 0) is 18.3 Å². The van der Waals surface area contributed by atoms with Crippen LogP contribution in [0.5, 0.6) is 0 Å². The van der Waals surface area contributed by atoms with E-state index in [4.69, 9.17) is 0 Å². The number of aromatic nitrogens is 1. The maximum atomic E-state index is 11.8. The molecule has 23 heavy (non-hydrogen) atoms. The van der Waals surface area contributed by atoms with Crippen LogP contribution in [0.2, 0.25) is 0 Å². The minimum atomic E-state index is 0.182. The molecule has 4 nitrogen and oxygen atoms in total. The fraction of sp³-hybridized carbons (Fsp3) is 0.526. The Morgan fingerprint density at radius 3 is 2.74 bits per heavy atom. The normalized spacial score (nSPS) is 11.3. The van der Waals surface area contributed by atoms with Gasteiger partial charge in [-0.3, -0.25) is 4.79 Å². The minimum absolute atomic E-state index is 0.182. The molecule has 2 aromatic rings. The first-order chi connectivity index (χ1) is 11.1. The number of para-hydroxylation sites is 1. The maximum Gasteiger partial charge on any atom is 0.219 e. The Morgan fingerprint density at radius 1 is 1.17 bits per heavy atom. The molecule has 0 aliphatic heterocycles. The zero-order valence-electron chi connectivity index (χ0n) is 14.6. The number of unbranched alkanes of at least 4 members (excludes halogenated alkanes) is 1. The van der Waals surface area contributed by atoms with Gasteiger partial charge in [0, 0.05) is 37.1 Å². The van der Waals surface area contributed by atoms with Gasteiger partial charge < -0.3 is 14.8 Å². The van der Waals surface area contributed by atoms with Crippen LogP contribution >= 0.6 is 0 Å². The van der Waals surface area contributed by atoms with Crippen molar-refractivity contribution < 1.29 is 4.79 Å². The third kappa shape index (κ3) is 5.39. The molecule has 0 aliphatic rings. The van der Waals surface area contributed by atoms with Crippen molar-refractivity contribution in [1.82, 2.24) is 14.8 Å². The lowest BCUT2D eigenvalue weighted by Gasteiger charge is -2.09. The molecule has 0 fully saturated rings. The number of benzene rings is 1. The molecule has 1 heterocycles. The summed E-state index contributed by atoms with van der Waals surface area (Å²) in [4.78, 5) is 13.9. The maximum absolute atomic E-state index is 11.8. The summed E-state index contributed by atoms with van der Waals surface area (Å²) in [5, 5.41) is 4.34. The largest absolute Gasteiger partial charge is 0.356 e. The molecule has 0 spiro atoms. The first-order valence-corrected chi connectivity index (χ1v) is 8.52. The predicted octanol–water partition coefficient (Wildman–Crippen LogP) is 2.96. The van der Waals surface area contributed by atoms with E-state index in [2.05, 4.69) is 66.4 Å². The molecule has 0 atom stereocenters. The molecular formula is C19H29N3O. The Balaban J connectivity index is 1.68. The highest BCUT2D eigenvalue weighted by Gasteiger charge is 2.06. The van der Waals surface area contributed by atoms with Crippen molar-refractivity contribution in [1.29, 1.82) is 0 Å². The van der Waals surface area contributed by atoms with Gasteiger partial charge in [0.25, 0.3) is 0 Å². The van der Waals surface area contributed by atoms with Crippen molar-refractivity contribution in [2.24, 2.45) is 7.05 Å². The van der Waals surface area contributed by atoms with Crippen LogP contribution < -0.4 is 5.32 Å². The number of carbonyl (C=O) groups is 1. The van der Waals surface area contributed by atoms with Crippen LogP contribution in [-0.4, -0.2) is 42.6 Å². The SMILES string of the molecule is CN(C)CCCNC(=O)CCCCc1cn(C)c2ccccc12. The number of amides is 1. The Bertz CT molecular complexity index is 631. The second-order valence-electron chi connectivity index (χ2n) is 6.50. The molecule has 4 heteroatoms. The summed E-state index contributed by atoms with van der Waals surface area (Å²) >= 11 is 0. The van der Waals surface area contributed by atoms with Crippen molar-refractivity contribution in [3.63, 3.8) is 0 Å². The van der Waals surface area contributed by atoms with E-state index < -0.39 is 0 Å². The zero-order chi connectivity index (χ0) is 16.7. The van der Waals surface area contributed by atoms with E-state index in [-0.39, 0.29) is 5.91 Å². The fourth-order valence-electron chi connectivity index (χ4n) is 2.94. The second kappa shape index (κ2) is 8.73. The van der Waals surface area contributed by atoms with E-state index in [1.54, 1.807) is 0 Å². The summed E-state index contributed by atoms with van der Waals surface area (Å²) < 4.78 is 2.18. The van der Waals surface area contributed by atoms with Gasteiger partial charge in [0.05, 0.1) is 0 Å². The van der Waals surface area contributed by atoms with E-state index in [1.165, 1.54) is 16.5 Å². The first-order valence-electron chi connectivity index (χ1n) is 8.52. The number of fused-ring (bicyclic) bond motifs is 1. The molecule has 0 aliphatic carbocycles. The number of nitrogens with one attached hydrogen (secondary N) is 1. The summed E-state index contributed by atoms with van der Waals surface area (Å²) in [5.41, 5.74) is 2.66. The van der Waals surface area contributed by atoms with Crippen molar-refractivity contribution in [3.8, 4) is 0 Å². The molecule has 0 unspecified atom stereocenters. The lowest BCUT2D eigenvalue weighted by atomic mass is 10.1. The van der Waals surface area contributed by atoms with Crippen LogP contribution in [0.15, 0.2) is 30.5 Å². The lowest BCUT2D eigenvalue weighted by molar-refractivity contribution is -0.121. The number of carbonyl (C=O) groups excluding carboxylic acids is 1. The van der Waals surface area contributed by atoms with Gasteiger partial charge >= 0.3 is 0 Å². The van der Waals surface area contributed by atoms with Crippen LogP contribution in [0.4, 0.5) is 0 Å².